The molecule has 0 radical (unpaired) electrons. The summed E-state index contributed by atoms with van der Waals surface area (Å²) in [4.78, 5) is 9.37. The number of nitrogens with one attached hydrogen (secondary N) is 1. The predicted octanol–water partition coefficient (Wildman–Crippen LogP) is 3.83. The topological polar surface area (TPSA) is 37.8 Å². The van der Waals surface area contributed by atoms with E-state index in [-0.39, 0.29) is 11.9 Å². The number of halogens is 1. The Morgan fingerprint density at radius 2 is 2.05 bits per heavy atom. The molecule has 0 amide bonds. The van der Waals surface area contributed by atoms with Gasteiger partial charge in [-0.2, -0.15) is 0 Å². The third-order valence-electron chi connectivity index (χ3n) is 2.88. The number of hydrogen-bond acceptors (Lipinski definition) is 4. The maximum atomic E-state index is 13.5. The monoisotopic (exact) mass is 291 g/mol. The Hall–Kier alpha value is -1.46. The second-order valence-electron chi connectivity index (χ2n) is 4.49. The van der Waals surface area contributed by atoms with E-state index in [0.717, 1.165) is 23.4 Å². The lowest BCUT2D eigenvalue weighted by Gasteiger charge is -2.17. The van der Waals surface area contributed by atoms with Crippen LogP contribution >= 0.6 is 11.8 Å². The molecule has 1 heterocycles. The van der Waals surface area contributed by atoms with Gasteiger partial charge in [0.2, 0.25) is 0 Å². The van der Waals surface area contributed by atoms with Crippen molar-refractivity contribution in [1.82, 2.24) is 15.3 Å². The van der Waals surface area contributed by atoms with Crippen molar-refractivity contribution in [2.24, 2.45) is 0 Å². The molecule has 106 valence electrons. The largest absolute Gasteiger partial charge is 0.310 e. The molecule has 0 spiro atoms. The highest BCUT2D eigenvalue weighted by molar-refractivity contribution is 7.99. The van der Waals surface area contributed by atoms with Crippen LogP contribution in [0.5, 0.6) is 0 Å². The van der Waals surface area contributed by atoms with Gasteiger partial charge < -0.3 is 5.32 Å². The average molecular weight is 291 g/mol. The Morgan fingerprint density at radius 1 is 1.30 bits per heavy atom. The Labute approximate surface area is 123 Å². The lowest BCUT2D eigenvalue weighted by atomic mass is 10.1. The first kappa shape index (κ1) is 14.9. The van der Waals surface area contributed by atoms with E-state index in [0.29, 0.717) is 5.16 Å². The molecule has 1 atom stereocenters. The zero-order chi connectivity index (χ0) is 14.4. The smallest absolute Gasteiger partial charge is 0.192 e. The molecule has 2 rings (SSSR count). The van der Waals surface area contributed by atoms with Crippen LogP contribution in [0.3, 0.4) is 0 Å². The van der Waals surface area contributed by atoms with Crippen LogP contribution in [-0.2, 0) is 0 Å². The third kappa shape index (κ3) is 4.02. The van der Waals surface area contributed by atoms with Gasteiger partial charge in [-0.1, -0.05) is 6.92 Å². The summed E-state index contributed by atoms with van der Waals surface area (Å²) in [5, 5.41) is 4.05. The predicted molar refractivity (Wildman–Crippen MR) is 79.3 cm³/mol. The fraction of sp³-hybridized carbons (Fsp3) is 0.333. The zero-order valence-corrected chi connectivity index (χ0v) is 12.5. The molecule has 0 aliphatic carbocycles. The molecule has 1 aromatic carbocycles. The minimum absolute atomic E-state index is 0.0943. The highest BCUT2D eigenvalue weighted by Gasteiger charge is 2.13. The van der Waals surface area contributed by atoms with Crippen LogP contribution in [0.2, 0.25) is 0 Å². The van der Waals surface area contributed by atoms with Crippen molar-refractivity contribution in [3.8, 4) is 0 Å². The minimum atomic E-state index is -0.219. The van der Waals surface area contributed by atoms with Crippen molar-refractivity contribution in [2.75, 3.05) is 6.54 Å². The van der Waals surface area contributed by atoms with Gasteiger partial charge in [-0.05, 0) is 61.5 Å². The van der Waals surface area contributed by atoms with Gasteiger partial charge in [-0.25, -0.2) is 14.4 Å². The molecular formula is C15H18FN3S. The lowest BCUT2D eigenvalue weighted by molar-refractivity contribution is 0.554. The van der Waals surface area contributed by atoms with Crippen LogP contribution < -0.4 is 5.32 Å². The van der Waals surface area contributed by atoms with Gasteiger partial charge in [0.25, 0.3) is 0 Å². The summed E-state index contributed by atoms with van der Waals surface area (Å²) in [6.45, 7) is 5.06. The summed E-state index contributed by atoms with van der Waals surface area (Å²) >= 11 is 1.46. The summed E-state index contributed by atoms with van der Waals surface area (Å²) in [6.07, 6.45) is 4.46. The molecule has 0 saturated carbocycles. The van der Waals surface area contributed by atoms with E-state index in [1.54, 1.807) is 30.6 Å². The molecule has 0 fully saturated rings. The Balaban J connectivity index is 2.23. The molecule has 0 bridgehead atoms. The van der Waals surface area contributed by atoms with E-state index in [9.17, 15) is 4.39 Å². The van der Waals surface area contributed by atoms with E-state index in [1.165, 1.54) is 17.8 Å². The Morgan fingerprint density at radius 3 is 2.75 bits per heavy atom. The Bertz CT molecular complexity index is 548. The third-order valence-corrected chi connectivity index (χ3v) is 3.87. The molecule has 20 heavy (non-hydrogen) atoms. The minimum Gasteiger partial charge on any atom is -0.310 e. The van der Waals surface area contributed by atoms with Crippen LogP contribution in [0.1, 0.15) is 31.9 Å². The maximum absolute atomic E-state index is 13.5. The van der Waals surface area contributed by atoms with Crippen LogP contribution in [0.25, 0.3) is 0 Å². The summed E-state index contributed by atoms with van der Waals surface area (Å²) in [5.41, 5.74) is 0.941. The fourth-order valence-corrected chi connectivity index (χ4v) is 2.77. The van der Waals surface area contributed by atoms with Crippen molar-refractivity contribution < 1.29 is 4.39 Å². The highest BCUT2D eigenvalue weighted by atomic mass is 32.2. The van der Waals surface area contributed by atoms with Crippen LogP contribution in [0.4, 0.5) is 4.39 Å². The van der Waals surface area contributed by atoms with E-state index in [2.05, 4.69) is 22.2 Å². The molecule has 1 aromatic heterocycles. The molecule has 2 aromatic rings. The number of benzene rings is 1. The molecule has 0 aliphatic heterocycles. The molecule has 3 nitrogen and oxygen atoms in total. The SMILES string of the molecule is CCCNC(C)c1cc(F)ccc1Sc1ncccn1. The molecule has 0 aliphatic rings. The second kappa shape index (κ2) is 7.36. The molecule has 1 N–H and O–H groups in total. The van der Waals surface area contributed by atoms with Crippen molar-refractivity contribution in [3.63, 3.8) is 0 Å². The number of nitrogens with zero attached hydrogens (tertiary/aromatic N) is 2. The lowest BCUT2D eigenvalue weighted by Crippen LogP contribution is -2.20. The molecule has 1 unspecified atom stereocenters. The summed E-state index contributed by atoms with van der Waals surface area (Å²) in [7, 11) is 0. The number of hydrogen-bond donors (Lipinski definition) is 1. The first-order valence-electron chi connectivity index (χ1n) is 6.68. The first-order chi connectivity index (χ1) is 9.70. The summed E-state index contributed by atoms with van der Waals surface area (Å²) in [5.74, 6) is -0.219. The second-order valence-corrected chi connectivity index (χ2v) is 5.50. The van der Waals surface area contributed by atoms with Gasteiger partial charge in [-0.3, -0.25) is 0 Å². The maximum Gasteiger partial charge on any atom is 0.192 e. The zero-order valence-electron chi connectivity index (χ0n) is 11.6. The van der Waals surface area contributed by atoms with Crippen molar-refractivity contribution >= 4 is 11.8 Å². The van der Waals surface area contributed by atoms with Crippen molar-refractivity contribution in [3.05, 3.63) is 48.0 Å². The fourth-order valence-electron chi connectivity index (χ4n) is 1.86. The molecule has 0 saturated heterocycles. The van der Waals surface area contributed by atoms with Gasteiger partial charge in [0.05, 0.1) is 0 Å². The normalized spacial score (nSPS) is 12.3. The van der Waals surface area contributed by atoms with Gasteiger partial charge in [-0.15, -0.1) is 0 Å². The first-order valence-corrected chi connectivity index (χ1v) is 7.50. The Kier molecular flexibility index (Phi) is 5.49. The van der Waals surface area contributed by atoms with E-state index in [4.69, 9.17) is 0 Å². The van der Waals surface area contributed by atoms with Gasteiger partial charge >= 0.3 is 0 Å². The van der Waals surface area contributed by atoms with Crippen LogP contribution in [0.15, 0.2) is 46.7 Å². The average Bonchev–Trinajstić information content (AvgIpc) is 2.47. The molecule has 5 heteroatoms. The summed E-state index contributed by atoms with van der Waals surface area (Å²) in [6, 6.07) is 6.72. The van der Waals surface area contributed by atoms with Crippen LogP contribution in [0, 0.1) is 5.82 Å². The number of aromatic nitrogens is 2. The highest BCUT2D eigenvalue weighted by Crippen LogP contribution is 2.31. The van der Waals surface area contributed by atoms with Gasteiger partial charge in [0.1, 0.15) is 5.82 Å². The summed E-state index contributed by atoms with van der Waals surface area (Å²) < 4.78 is 13.5. The van der Waals surface area contributed by atoms with Crippen molar-refractivity contribution in [1.29, 1.82) is 0 Å². The van der Waals surface area contributed by atoms with Gasteiger partial charge in [0, 0.05) is 23.3 Å². The standard InChI is InChI=1S/C15H18FN3S/c1-3-7-17-11(2)13-10-12(16)5-6-14(13)20-15-18-8-4-9-19-15/h4-6,8-11,17H,3,7H2,1-2H3. The van der Waals surface area contributed by atoms with E-state index in [1.807, 2.05) is 6.92 Å². The quantitative estimate of drug-likeness (QED) is 0.821. The van der Waals surface area contributed by atoms with E-state index < -0.39 is 0 Å². The van der Waals surface area contributed by atoms with Gasteiger partial charge in [0.15, 0.2) is 5.16 Å². The molecular weight excluding hydrogens is 273 g/mol. The van der Waals surface area contributed by atoms with Crippen molar-refractivity contribution in [2.45, 2.75) is 36.4 Å². The number of rotatable bonds is 6. The van der Waals surface area contributed by atoms with E-state index >= 15 is 0 Å². The van der Waals surface area contributed by atoms with Crippen LogP contribution in [-0.4, -0.2) is 16.5 Å².